The smallest absolute Gasteiger partial charge is 0.159 e. The van der Waals surface area contributed by atoms with Gasteiger partial charge in [0, 0.05) is 49.3 Å². The molecular weight excluding hydrogens is 829 g/mol. The zero-order valence-electron chi connectivity index (χ0n) is 40.2. The van der Waals surface area contributed by atoms with Gasteiger partial charge >= 0.3 is 0 Å². The molecule has 0 saturated heterocycles. The average molecular weight is 885 g/mol. The number of hydrogen-bond donors (Lipinski definition) is 0. The largest absolute Gasteiger partial charge is 0.454 e. The Morgan fingerprint density at radius 3 is 1.26 bits per heavy atom. The zero-order valence-corrected chi connectivity index (χ0v) is 40.2. The Hall–Kier alpha value is -7.56. The van der Waals surface area contributed by atoms with Crippen LogP contribution in [0.4, 0.5) is 34.1 Å². The summed E-state index contributed by atoms with van der Waals surface area (Å²) in [5, 5.41) is 12.0. The van der Waals surface area contributed by atoms with Gasteiger partial charge in [0.15, 0.2) is 11.2 Å². The molecule has 0 aliphatic carbocycles. The fourth-order valence-corrected chi connectivity index (χ4v) is 11.2. The highest BCUT2D eigenvalue weighted by Gasteiger charge is 2.29. The molecule has 0 amide bonds. The van der Waals surface area contributed by atoms with E-state index in [2.05, 4.69) is 235 Å². The minimum absolute atomic E-state index is 0.0914. The first kappa shape index (κ1) is 41.8. The van der Waals surface area contributed by atoms with Gasteiger partial charge in [0.2, 0.25) is 0 Å². The van der Waals surface area contributed by atoms with Gasteiger partial charge in [-0.1, -0.05) is 177 Å². The van der Waals surface area contributed by atoms with Crippen molar-refractivity contribution in [1.29, 1.82) is 0 Å². The molecule has 0 atom stereocenters. The van der Waals surface area contributed by atoms with Crippen LogP contribution in [-0.4, -0.2) is 0 Å². The average Bonchev–Trinajstić information content (AvgIpc) is 3.94. The maximum Gasteiger partial charge on any atom is 0.159 e. The molecule has 2 aromatic heterocycles. The molecule has 2 heterocycles. The molecule has 0 spiro atoms. The lowest BCUT2D eigenvalue weighted by atomic mass is 9.84. The van der Waals surface area contributed by atoms with E-state index >= 15 is 0 Å². The van der Waals surface area contributed by atoms with E-state index < -0.39 is 0 Å². The molecule has 68 heavy (non-hydrogen) atoms. The highest BCUT2D eigenvalue weighted by molar-refractivity contribution is 6.30. The molecule has 12 rings (SSSR count). The number of para-hydroxylation sites is 6. The van der Waals surface area contributed by atoms with Gasteiger partial charge in [-0.05, 0) is 110 Å². The van der Waals surface area contributed by atoms with E-state index in [4.69, 9.17) is 8.83 Å². The van der Waals surface area contributed by atoms with Crippen LogP contribution in [0.2, 0.25) is 0 Å². The summed E-state index contributed by atoms with van der Waals surface area (Å²) in [6.07, 6.45) is 0.898. The summed E-state index contributed by atoms with van der Waals surface area (Å²) >= 11 is 0. The van der Waals surface area contributed by atoms with Gasteiger partial charge < -0.3 is 18.6 Å². The van der Waals surface area contributed by atoms with E-state index in [1.807, 2.05) is 0 Å². The first-order chi connectivity index (χ1) is 33.0. The lowest BCUT2D eigenvalue weighted by Crippen LogP contribution is -2.13. The van der Waals surface area contributed by atoms with Crippen molar-refractivity contribution in [3.63, 3.8) is 0 Å². The van der Waals surface area contributed by atoms with Crippen molar-refractivity contribution in [2.75, 3.05) is 9.80 Å². The van der Waals surface area contributed by atoms with Crippen molar-refractivity contribution in [3.05, 3.63) is 192 Å². The summed E-state index contributed by atoms with van der Waals surface area (Å²) in [7, 11) is 0. The number of fused-ring (bicyclic) bond motifs is 6. The first-order valence-electron chi connectivity index (χ1n) is 24.4. The molecule has 12 aromatic rings. The van der Waals surface area contributed by atoms with E-state index in [9.17, 15) is 0 Å². The molecular formula is C64H56N2O2. The Labute approximate surface area is 398 Å². The Balaban J connectivity index is 1.19. The van der Waals surface area contributed by atoms with Crippen LogP contribution in [0.15, 0.2) is 179 Å². The van der Waals surface area contributed by atoms with Gasteiger partial charge in [-0.3, -0.25) is 0 Å². The summed E-state index contributed by atoms with van der Waals surface area (Å²) in [5.41, 5.74) is 15.1. The van der Waals surface area contributed by atoms with Crippen LogP contribution in [0.1, 0.15) is 89.5 Å². The predicted octanol–water partition coefficient (Wildman–Crippen LogP) is 19.4. The normalized spacial score (nSPS) is 12.4. The van der Waals surface area contributed by atoms with Crippen molar-refractivity contribution in [3.8, 4) is 0 Å². The minimum atomic E-state index is -0.0914. The second kappa shape index (κ2) is 15.8. The van der Waals surface area contributed by atoms with Crippen LogP contribution in [0.25, 0.3) is 76.2 Å². The maximum absolute atomic E-state index is 7.14. The fourth-order valence-electron chi connectivity index (χ4n) is 11.2. The van der Waals surface area contributed by atoms with Gasteiger partial charge in [-0.2, -0.15) is 0 Å². The summed E-state index contributed by atoms with van der Waals surface area (Å²) in [6, 6.07) is 62.5. The number of rotatable bonds is 9. The zero-order chi connectivity index (χ0) is 46.6. The van der Waals surface area contributed by atoms with Crippen LogP contribution in [0.5, 0.6) is 0 Å². The van der Waals surface area contributed by atoms with Crippen molar-refractivity contribution >= 4 is 110 Å². The lowest BCUT2D eigenvalue weighted by Gasteiger charge is -2.31. The molecule has 0 unspecified atom stereocenters. The molecule has 4 heteroatoms. The van der Waals surface area contributed by atoms with E-state index in [0.29, 0.717) is 0 Å². The van der Waals surface area contributed by atoms with Crippen molar-refractivity contribution in [2.24, 2.45) is 0 Å². The second-order valence-electron chi connectivity index (χ2n) is 20.3. The predicted molar refractivity (Wildman–Crippen MR) is 290 cm³/mol. The molecule has 4 nitrogen and oxygen atoms in total. The molecule has 0 fully saturated rings. The van der Waals surface area contributed by atoms with Crippen molar-refractivity contribution in [2.45, 2.75) is 79.1 Å². The molecule has 0 saturated carbocycles. The lowest BCUT2D eigenvalue weighted by molar-refractivity contribution is 0.573. The van der Waals surface area contributed by atoms with Crippen molar-refractivity contribution in [1.82, 2.24) is 0 Å². The van der Waals surface area contributed by atoms with E-state index in [1.165, 1.54) is 54.6 Å². The SMILES string of the molecule is CCc1cccc2c1oc1c(N(c3ccccc3)c3cc(C(C)C)c4ccc5c(N(c6ccccc6)c6cccc7c6oc6c(C(C)(C)C)cccc67)cc(C(C)C)c6ccc3c4c65)cccc12. The summed E-state index contributed by atoms with van der Waals surface area (Å²) in [4.78, 5) is 4.90. The van der Waals surface area contributed by atoms with Crippen LogP contribution in [-0.2, 0) is 11.8 Å². The molecule has 0 aliphatic heterocycles. The number of hydrogen-bond acceptors (Lipinski definition) is 4. The quantitative estimate of drug-likeness (QED) is 0.135. The maximum atomic E-state index is 7.14. The Bertz CT molecular complexity index is 3890. The Morgan fingerprint density at radius 1 is 0.397 bits per heavy atom. The fraction of sp³-hybridized carbons (Fsp3) is 0.188. The van der Waals surface area contributed by atoms with E-state index in [1.54, 1.807) is 0 Å². The van der Waals surface area contributed by atoms with Crippen LogP contribution in [0.3, 0.4) is 0 Å². The number of nitrogens with zero attached hydrogens (tertiary/aromatic N) is 2. The molecule has 0 bridgehead atoms. The first-order valence-corrected chi connectivity index (χ1v) is 24.4. The van der Waals surface area contributed by atoms with Crippen LogP contribution < -0.4 is 9.80 Å². The number of benzene rings is 10. The molecule has 0 N–H and O–H groups in total. The number of anilines is 6. The molecule has 0 radical (unpaired) electrons. The molecule has 0 aliphatic rings. The summed E-state index contributed by atoms with van der Waals surface area (Å²) < 4.78 is 14.2. The van der Waals surface area contributed by atoms with Gasteiger partial charge in [-0.25, -0.2) is 0 Å². The van der Waals surface area contributed by atoms with Gasteiger partial charge in [-0.15, -0.1) is 0 Å². The van der Waals surface area contributed by atoms with Crippen LogP contribution in [0, 0.1) is 0 Å². The topological polar surface area (TPSA) is 32.8 Å². The highest BCUT2D eigenvalue weighted by atomic mass is 16.3. The van der Waals surface area contributed by atoms with Crippen LogP contribution >= 0.6 is 0 Å². The standard InChI is InChI=1S/C64H56N2O2/c1-9-40-20-16-25-45-47-27-18-30-54(62(47)67-60(40)45)65(41-21-12-10-13-22-41)56-36-51(38(2)3)43-33-35-50-57(37-52(39(4)5)44-32-34-49(56)58(43)59(44)50)66(42-23-14-11-15-24-42)55-31-19-28-48-46-26-17-29-53(64(6,7)8)61(46)68-63(48)55/h10-39H,9H2,1-8H3. The van der Waals surface area contributed by atoms with E-state index in [-0.39, 0.29) is 17.3 Å². The van der Waals surface area contributed by atoms with Crippen molar-refractivity contribution < 1.29 is 8.83 Å². The highest BCUT2D eigenvalue weighted by Crippen LogP contribution is 2.53. The molecule has 10 aromatic carbocycles. The van der Waals surface area contributed by atoms with Gasteiger partial charge in [0.05, 0.1) is 22.7 Å². The number of furan rings is 2. The summed E-state index contributed by atoms with van der Waals surface area (Å²) in [6.45, 7) is 18.3. The minimum Gasteiger partial charge on any atom is -0.454 e. The van der Waals surface area contributed by atoms with Gasteiger partial charge in [0.1, 0.15) is 11.2 Å². The summed E-state index contributed by atoms with van der Waals surface area (Å²) in [5.74, 6) is 0.495. The third-order valence-corrected chi connectivity index (χ3v) is 14.4. The number of aryl methyl sites for hydroxylation is 1. The van der Waals surface area contributed by atoms with Gasteiger partial charge in [0.25, 0.3) is 0 Å². The Kier molecular flexibility index (Phi) is 9.71. The second-order valence-corrected chi connectivity index (χ2v) is 20.3. The molecule has 334 valence electrons. The third-order valence-electron chi connectivity index (χ3n) is 14.4. The Morgan fingerprint density at radius 2 is 0.809 bits per heavy atom. The van der Waals surface area contributed by atoms with E-state index in [0.717, 1.165) is 84.4 Å². The third kappa shape index (κ3) is 6.34. The monoisotopic (exact) mass is 884 g/mol.